The number of Topliss-reactive ketones (excluding diaryl/α,β-unsaturated/α-hetero) is 1. The summed E-state index contributed by atoms with van der Waals surface area (Å²) in [5, 5.41) is 5.27. The normalized spacial score (nSPS) is 11.3. The molecule has 0 amide bonds. The summed E-state index contributed by atoms with van der Waals surface area (Å²) in [5.41, 5.74) is 5.24. The lowest BCUT2D eigenvalue weighted by Crippen LogP contribution is -2.30. The first-order valence-corrected chi connectivity index (χ1v) is 10.5. The molecule has 0 saturated carbocycles. The molecule has 0 aliphatic carbocycles. The molecule has 0 saturated heterocycles. The fourth-order valence-electron chi connectivity index (χ4n) is 3.98. The number of carbonyl (C=O) groups is 1. The summed E-state index contributed by atoms with van der Waals surface area (Å²) in [6.07, 6.45) is 0. The SMILES string of the molecule is Cc1ccc(-c2nc3c4ccccc4n(CC(=O)c4cc(C)ccc4C)c(=O)n3n2)cc1. The van der Waals surface area contributed by atoms with E-state index in [1.54, 1.807) is 0 Å². The number of hydrogen-bond donors (Lipinski definition) is 0. The average Bonchev–Trinajstić information content (AvgIpc) is 3.24. The Morgan fingerprint density at radius 1 is 0.906 bits per heavy atom. The van der Waals surface area contributed by atoms with Crippen molar-refractivity contribution in [3.05, 3.63) is 99.5 Å². The second kappa shape index (κ2) is 7.57. The van der Waals surface area contributed by atoms with Crippen molar-refractivity contribution in [3.63, 3.8) is 0 Å². The Morgan fingerprint density at radius 2 is 1.62 bits per heavy atom. The van der Waals surface area contributed by atoms with Crippen LogP contribution in [0.2, 0.25) is 0 Å². The molecule has 0 radical (unpaired) electrons. The first-order chi connectivity index (χ1) is 15.4. The Balaban J connectivity index is 1.69. The molecular weight excluding hydrogens is 400 g/mol. The smallest absolute Gasteiger partial charge is 0.292 e. The summed E-state index contributed by atoms with van der Waals surface area (Å²) >= 11 is 0. The highest BCUT2D eigenvalue weighted by molar-refractivity contribution is 5.99. The third kappa shape index (κ3) is 3.30. The first-order valence-electron chi connectivity index (χ1n) is 10.5. The summed E-state index contributed by atoms with van der Waals surface area (Å²) in [6, 6.07) is 21.1. The number of aromatic nitrogens is 4. The van der Waals surface area contributed by atoms with Crippen LogP contribution < -0.4 is 5.69 Å². The van der Waals surface area contributed by atoms with Crippen LogP contribution in [-0.2, 0) is 6.54 Å². The van der Waals surface area contributed by atoms with E-state index in [1.807, 2.05) is 87.5 Å². The van der Waals surface area contributed by atoms with Gasteiger partial charge >= 0.3 is 5.69 Å². The molecule has 5 rings (SSSR count). The molecule has 0 bridgehead atoms. The van der Waals surface area contributed by atoms with Gasteiger partial charge in [0.05, 0.1) is 12.1 Å². The monoisotopic (exact) mass is 422 g/mol. The third-order valence-electron chi connectivity index (χ3n) is 5.76. The number of ketones is 1. The van der Waals surface area contributed by atoms with E-state index in [2.05, 4.69) is 10.1 Å². The van der Waals surface area contributed by atoms with Gasteiger partial charge in [0.25, 0.3) is 0 Å². The number of hydrogen-bond acceptors (Lipinski definition) is 4. The van der Waals surface area contributed by atoms with Crippen LogP contribution in [0, 0.1) is 20.8 Å². The van der Waals surface area contributed by atoms with Crippen molar-refractivity contribution in [2.75, 3.05) is 0 Å². The highest BCUT2D eigenvalue weighted by Gasteiger charge is 2.18. The van der Waals surface area contributed by atoms with Crippen molar-refractivity contribution in [1.29, 1.82) is 0 Å². The van der Waals surface area contributed by atoms with Crippen LogP contribution in [-0.4, -0.2) is 24.9 Å². The predicted octanol–water partition coefficient (Wildman–Crippen LogP) is 4.52. The maximum absolute atomic E-state index is 13.4. The molecule has 0 N–H and O–H groups in total. The van der Waals surface area contributed by atoms with Gasteiger partial charge in [-0.15, -0.1) is 5.10 Å². The standard InChI is InChI=1S/C26H22N4O2/c1-16-9-12-19(13-10-16)24-27-25-20-6-4-5-7-22(20)29(26(32)30(25)28-24)15-23(31)21-14-17(2)8-11-18(21)3/h4-14H,15H2,1-3H3. The van der Waals surface area contributed by atoms with Gasteiger partial charge in [-0.3, -0.25) is 9.36 Å². The number of aryl methyl sites for hydroxylation is 3. The molecule has 6 nitrogen and oxygen atoms in total. The molecule has 5 aromatic rings. The molecular formula is C26H22N4O2. The van der Waals surface area contributed by atoms with Crippen LogP contribution in [0.5, 0.6) is 0 Å². The molecule has 2 heterocycles. The van der Waals surface area contributed by atoms with Crippen LogP contribution in [0.4, 0.5) is 0 Å². The molecule has 0 aliphatic heterocycles. The molecule has 0 fully saturated rings. The first kappa shape index (κ1) is 19.9. The van der Waals surface area contributed by atoms with Crippen LogP contribution in [0.3, 0.4) is 0 Å². The molecule has 2 aromatic heterocycles. The molecule has 0 unspecified atom stereocenters. The van der Waals surface area contributed by atoms with Crippen molar-refractivity contribution >= 4 is 22.3 Å². The Labute approximate surface area is 184 Å². The molecule has 0 aliphatic rings. The molecule has 158 valence electrons. The van der Waals surface area contributed by atoms with Gasteiger partial charge in [-0.1, -0.05) is 59.7 Å². The Hall–Kier alpha value is -4.06. The third-order valence-corrected chi connectivity index (χ3v) is 5.76. The zero-order valence-corrected chi connectivity index (χ0v) is 18.2. The summed E-state index contributed by atoms with van der Waals surface area (Å²) in [7, 11) is 0. The van der Waals surface area contributed by atoms with E-state index < -0.39 is 0 Å². The zero-order valence-electron chi connectivity index (χ0n) is 18.2. The van der Waals surface area contributed by atoms with Crippen molar-refractivity contribution in [2.24, 2.45) is 0 Å². The van der Waals surface area contributed by atoms with Gasteiger partial charge in [0.15, 0.2) is 17.3 Å². The molecule has 32 heavy (non-hydrogen) atoms. The van der Waals surface area contributed by atoms with Crippen molar-refractivity contribution in [2.45, 2.75) is 27.3 Å². The molecule has 3 aromatic carbocycles. The molecule has 6 heteroatoms. The number of fused-ring (bicyclic) bond motifs is 3. The Morgan fingerprint density at radius 3 is 2.41 bits per heavy atom. The van der Waals surface area contributed by atoms with E-state index in [1.165, 1.54) is 9.08 Å². The minimum atomic E-state index is -0.386. The van der Waals surface area contributed by atoms with Crippen molar-refractivity contribution < 1.29 is 4.79 Å². The lowest BCUT2D eigenvalue weighted by molar-refractivity contribution is 0.0971. The van der Waals surface area contributed by atoms with Gasteiger partial charge in [0.1, 0.15) is 0 Å². The van der Waals surface area contributed by atoms with Gasteiger partial charge in [-0.2, -0.15) is 4.52 Å². The van der Waals surface area contributed by atoms with Gasteiger partial charge in [0, 0.05) is 16.5 Å². The topological polar surface area (TPSA) is 69.3 Å². The van der Waals surface area contributed by atoms with E-state index in [0.29, 0.717) is 22.6 Å². The van der Waals surface area contributed by atoms with E-state index in [0.717, 1.165) is 27.6 Å². The summed E-state index contributed by atoms with van der Waals surface area (Å²) in [6.45, 7) is 5.80. The van der Waals surface area contributed by atoms with E-state index in [9.17, 15) is 9.59 Å². The van der Waals surface area contributed by atoms with Crippen LogP contribution in [0.15, 0.2) is 71.5 Å². The van der Waals surface area contributed by atoms with Crippen LogP contribution in [0.1, 0.15) is 27.0 Å². The van der Waals surface area contributed by atoms with Crippen LogP contribution >= 0.6 is 0 Å². The second-order valence-electron chi connectivity index (χ2n) is 8.16. The number of rotatable bonds is 4. The number of benzene rings is 3. The van der Waals surface area contributed by atoms with Gasteiger partial charge in [-0.25, -0.2) is 9.78 Å². The quantitative estimate of drug-likeness (QED) is 0.399. The van der Waals surface area contributed by atoms with Crippen molar-refractivity contribution in [3.8, 4) is 11.4 Å². The summed E-state index contributed by atoms with van der Waals surface area (Å²) in [5.74, 6) is 0.363. The highest BCUT2D eigenvalue weighted by atomic mass is 16.2. The zero-order chi connectivity index (χ0) is 22.4. The minimum absolute atomic E-state index is 0.0701. The van der Waals surface area contributed by atoms with Gasteiger partial charge in [0.2, 0.25) is 0 Å². The Kier molecular flexibility index (Phi) is 4.70. The Bertz CT molecular complexity index is 1560. The predicted molar refractivity (Wildman–Crippen MR) is 125 cm³/mol. The number of para-hydroxylation sites is 1. The fourth-order valence-corrected chi connectivity index (χ4v) is 3.98. The van der Waals surface area contributed by atoms with E-state index in [-0.39, 0.29) is 18.0 Å². The van der Waals surface area contributed by atoms with Gasteiger partial charge in [-0.05, 0) is 44.5 Å². The summed E-state index contributed by atoms with van der Waals surface area (Å²) in [4.78, 5) is 31.3. The van der Waals surface area contributed by atoms with E-state index >= 15 is 0 Å². The number of nitrogens with zero attached hydrogens (tertiary/aromatic N) is 4. The molecule has 0 atom stereocenters. The van der Waals surface area contributed by atoms with Gasteiger partial charge < -0.3 is 0 Å². The maximum Gasteiger partial charge on any atom is 0.351 e. The lowest BCUT2D eigenvalue weighted by Gasteiger charge is -2.12. The van der Waals surface area contributed by atoms with Crippen LogP contribution in [0.25, 0.3) is 27.9 Å². The maximum atomic E-state index is 13.4. The highest BCUT2D eigenvalue weighted by Crippen LogP contribution is 2.22. The van der Waals surface area contributed by atoms with E-state index in [4.69, 9.17) is 0 Å². The second-order valence-corrected chi connectivity index (χ2v) is 8.16. The summed E-state index contributed by atoms with van der Waals surface area (Å²) < 4.78 is 2.79. The lowest BCUT2D eigenvalue weighted by atomic mass is 10.0. The minimum Gasteiger partial charge on any atom is -0.292 e. The average molecular weight is 422 g/mol. The van der Waals surface area contributed by atoms with Crippen molar-refractivity contribution in [1.82, 2.24) is 19.2 Å². The molecule has 0 spiro atoms. The largest absolute Gasteiger partial charge is 0.351 e. The number of carbonyl (C=O) groups excluding carboxylic acids is 1. The fraction of sp³-hybridized carbons (Fsp3) is 0.154.